The third-order valence-electron chi connectivity index (χ3n) is 4.15. The molecule has 2 aromatic rings. The van der Waals surface area contributed by atoms with Gasteiger partial charge in [0.1, 0.15) is 0 Å². The number of hydrogen-bond acceptors (Lipinski definition) is 5. The summed E-state index contributed by atoms with van der Waals surface area (Å²) in [5, 5.41) is 17.7. The topological polar surface area (TPSA) is 96.9 Å². The van der Waals surface area contributed by atoms with Crippen LogP contribution in [0.25, 0.3) is 0 Å². The number of halogens is 1. The van der Waals surface area contributed by atoms with Crippen molar-refractivity contribution in [3.05, 3.63) is 28.2 Å². The van der Waals surface area contributed by atoms with Gasteiger partial charge in [-0.1, -0.05) is 6.92 Å². The molecule has 0 radical (unpaired) electrons. The Hall–Kier alpha value is -2.06. The fraction of sp³-hybridized carbons (Fsp3) is 0.533. The van der Waals surface area contributed by atoms with Crippen LogP contribution < -0.4 is 15.4 Å². The van der Waals surface area contributed by atoms with E-state index in [2.05, 4.69) is 25.9 Å². The average Bonchev–Trinajstić information content (AvgIpc) is 3.13. The first-order valence-electron chi connectivity index (χ1n) is 7.79. The summed E-state index contributed by atoms with van der Waals surface area (Å²) in [5.74, 6) is 0.493. The largest absolute Gasteiger partial charge is 0.481 e. The van der Waals surface area contributed by atoms with Crippen LogP contribution in [0.15, 0.2) is 0 Å². The standard InChI is InChI=1S/C15H22N6O2.ClH/c1-4-11-10(15(23-3)21(2)20-11)8-17-14(22)13-9-7-16-6-5-12(9)18-19-13;/h16H,4-8H2,1-3H3,(H,17,22)(H,18,19);1H. The Bertz CT molecular complexity index is 724. The van der Waals surface area contributed by atoms with Gasteiger partial charge in [-0.2, -0.15) is 10.2 Å². The number of nitrogens with one attached hydrogen (secondary N) is 3. The summed E-state index contributed by atoms with van der Waals surface area (Å²) >= 11 is 0. The SMILES string of the molecule is CCc1nn(C)c(OC)c1CNC(=O)c1n[nH]c2c1CNCC2.Cl. The van der Waals surface area contributed by atoms with Crippen molar-refractivity contribution in [2.45, 2.75) is 32.9 Å². The molecule has 0 aromatic carbocycles. The lowest BCUT2D eigenvalue weighted by Crippen LogP contribution is -2.28. The van der Waals surface area contributed by atoms with Crippen molar-refractivity contribution in [3.63, 3.8) is 0 Å². The Morgan fingerprint density at radius 1 is 1.46 bits per heavy atom. The van der Waals surface area contributed by atoms with Gasteiger partial charge in [-0.15, -0.1) is 12.4 Å². The van der Waals surface area contributed by atoms with Crippen molar-refractivity contribution in [2.24, 2.45) is 7.05 Å². The number of hydrogen-bond donors (Lipinski definition) is 3. The normalized spacial score (nSPS) is 13.1. The molecule has 1 aliphatic heterocycles. The van der Waals surface area contributed by atoms with E-state index in [1.54, 1.807) is 11.8 Å². The van der Waals surface area contributed by atoms with Crippen LogP contribution in [0.5, 0.6) is 5.88 Å². The van der Waals surface area contributed by atoms with Crippen molar-refractivity contribution in [3.8, 4) is 5.88 Å². The maximum Gasteiger partial charge on any atom is 0.272 e. The molecule has 2 aromatic heterocycles. The molecule has 0 atom stereocenters. The van der Waals surface area contributed by atoms with E-state index in [4.69, 9.17) is 4.74 Å². The molecule has 3 N–H and O–H groups in total. The van der Waals surface area contributed by atoms with E-state index in [0.29, 0.717) is 24.7 Å². The van der Waals surface area contributed by atoms with Gasteiger partial charge >= 0.3 is 0 Å². The van der Waals surface area contributed by atoms with Crippen molar-refractivity contribution < 1.29 is 9.53 Å². The van der Waals surface area contributed by atoms with Crippen LogP contribution in [0.3, 0.4) is 0 Å². The van der Waals surface area contributed by atoms with Gasteiger partial charge in [-0.3, -0.25) is 9.89 Å². The highest BCUT2D eigenvalue weighted by Gasteiger charge is 2.22. The van der Waals surface area contributed by atoms with Crippen LogP contribution in [-0.2, 0) is 33.0 Å². The zero-order valence-corrected chi connectivity index (χ0v) is 14.9. The second kappa shape index (κ2) is 7.67. The smallest absolute Gasteiger partial charge is 0.272 e. The summed E-state index contributed by atoms with van der Waals surface area (Å²) in [6.07, 6.45) is 1.65. The maximum absolute atomic E-state index is 12.5. The van der Waals surface area contributed by atoms with Gasteiger partial charge < -0.3 is 15.4 Å². The van der Waals surface area contributed by atoms with Crippen LogP contribution in [0, 0.1) is 0 Å². The zero-order chi connectivity index (χ0) is 16.4. The number of ether oxygens (including phenoxy) is 1. The molecule has 3 rings (SSSR count). The van der Waals surface area contributed by atoms with Crippen LogP contribution in [0.2, 0.25) is 0 Å². The van der Waals surface area contributed by atoms with Crippen molar-refractivity contribution in [2.75, 3.05) is 13.7 Å². The molecular weight excluding hydrogens is 332 g/mol. The predicted molar refractivity (Wildman–Crippen MR) is 91.6 cm³/mol. The van der Waals surface area contributed by atoms with Crippen LogP contribution in [0.4, 0.5) is 0 Å². The third kappa shape index (κ3) is 3.25. The molecule has 9 heteroatoms. The molecule has 0 saturated heterocycles. The Morgan fingerprint density at radius 2 is 2.25 bits per heavy atom. The minimum absolute atomic E-state index is 0. The molecule has 0 bridgehead atoms. The molecule has 0 aliphatic carbocycles. The summed E-state index contributed by atoms with van der Waals surface area (Å²) in [6, 6.07) is 0. The van der Waals surface area contributed by atoms with E-state index in [0.717, 1.165) is 41.9 Å². The quantitative estimate of drug-likeness (QED) is 0.735. The fourth-order valence-corrected chi connectivity index (χ4v) is 2.99. The molecular formula is C15H23ClN6O2. The molecule has 1 aliphatic rings. The van der Waals surface area contributed by atoms with Crippen molar-refractivity contribution >= 4 is 18.3 Å². The number of nitrogens with zero attached hydrogens (tertiary/aromatic N) is 3. The molecule has 0 fully saturated rings. The Labute approximate surface area is 146 Å². The number of methoxy groups -OCH3 is 1. The highest BCUT2D eigenvalue weighted by Crippen LogP contribution is 2.22. The second-order valence-corrected chi connectivity index (χ2v) is 5.55. The van der Waals surface area contributed by atoms with E-state index in [9.17, 15) is 4.79 Å². The fourth-order valence-electron chi connectivity index (χ4n) is 2.99. The summed E-state index contributed by atoms with van der Waals surface area (Å²) in [5.41, 5.74) is 4.31. The van der Waals surface area contributed by atoms with Gasteiger partial charge in [0.05, 0.1) is 24.9 Å². The van der Waals surface area contributed by atoms with Gasteiger partial charge in [-0.25, -0.2) is 4.68 Å². The third-order valence-corrected chi connectivity index (χ3v) is 4.15. The van der Waals surface area contributed by atoms with E-state index < -0.39 is 0 Å². The molecule has 0 saturated carbocycles. The molecule has 3 heterocycles. The minimum atomic E-state index is -0.181. The summed E-state index contributed by atoms with van der Waals surface area (Å²) < 4.78 is 7.08. The minimum Gasteiger partial charge on any atom is -0.481 e. The first kappa shape index (κ1) is 18.3. The van der Waals surface area contributed by atoms with E-state index in [1.165, 1.54) is 0 Å². The average molecular weight is 355 g/mol. The number of carbonyl (C=O) groups is 1. The van der Waals surface area contributed by atoms with E-state index in [-0.39, 0.29) is 18.3 Å². The number of aromatic nitrogens is 4. The molecule has 0 spiro atoms. The lowest BCUT2D eigenvalue weighted by Gasteiger charge is -2.13. The highest BCUT2D eigenvalue weighted by molar-refractivity contribution is 5.94. The first-order chi connectivity index (χ1) is 11.2. The molecule has 0 unspecified atom stereocenters. The monoisotopic (exact) mass is 354 g/mol. The second-order valence-electron chi connectivity index (χ2n) is 5.55. The number of carbonyl (C=O) groups excluding carboxylic acids is 1. The number of fused-ring (bicyclic) bond motifs is 1. The number of amides is 1. The number of rotatable bonds is 5. The van der Waals surface area contributed by atoms with Gasteiger partial charge in [0.2, 0.25) is 5.88 Å². The number of aromatic amines is 1. The summed E-state index contributed by atoms with van der Waals surface area (Å²) in [4.78, 5) is 12.5. The van der Waals surface area contributed by atoms with Gasteiger partial charge in [0, 0.05) is 37.8 Å². The van der Waals surface area contributed by atoms with E-state index >= 15 is 0 Å². The van der Waals surface area contributed by atoms with Crippen LogP contribution in [-0.4, -0.2) is 39.5 Å². The summed E-state index contributed by atoms with van der Waals surface area (Å²) in [6.45, 7) is 3.98. The predicted octanol–water partition coefficient (Wildman–Crippen LogP) is 0.712. The van der Waals surface area contributed by atoms with Crippen LogP contribution in [0.1, 0.15) is 39.9 Å². The van der Waals surface area contributed by atoms with Crippen molar-refractivity contribution in [1.29, 1.82) is 0 Å². The molecule has 132 valence electrons. The molecule has 8 nitrogen and oxygen atoms in total. The van der Waals surface area contributed by atoms with Crippen molar-refractivity contribution in [1.82, 2.24) is 30.6 Å². The number of aryl methyl sites for hydroxylation is 2. The maximum atomic E-state index is 12.5. The lowest BCUT2D eigenvalue weighted by molar-refractivity contribution is 0.0944. The number of H-pyrrole nitrogens is 1. The van der Waals surface area contributed by atoms with Crippen LogP contribution >= 0.6 is 12.4 Å². The Morgan fingerprint density at radius 3 is 2.96 bits per heavy atom. The lowest BCUT2D eigenvalue weighted by atomic mass is 10.1. The van der Waals surface area contributed by atoms with Gasteiger partial charge in [-0.05, 0) is 6.42 Å². The first-order valence-corrected chi connectivity index (χ1v) is 7.79. The molecule has 24 heavy (non-hydrogen) atoms. The van der Waals surface area contributed by atoms with Gasteiger partial charge in [0.25, 0.3) is 5.91 Å². The Kier molecular flexibility index (Phi) is 5.84. The molecule has 1 amide bonds. The highest BCUT2D eigenvalue weighted by atomic mass is 35.5. The zero-order valence-electron chi connectivity index (χ0n) is 14.1. The summed E-state index contributed by atoms with van der Waals surface area (Å²) in [7, 11) is 3.44. The van der Waals surface area contributed by atoms with E-state index in [1.807, 2.05) is 14.0 Å². The van der Waals surface area contributed by atoms with Gasteiger partial charge in [0.15, 0.2) is 5.69 Å². The Balaban J connectivity index is 0.00000208.